The predicted molar refractivity (Wildman–Crippen MR) is 173 cm³/mol. The van der Waals surface area contributed by atoms with E-state index in [4.69, 9.17) is 14.8 Å². The summed E-state index contributed by atoms with van der Waals surface area (Å²) in [6, 6.07) is 27.4. The molecule has 2 aliphatic heterocycles. The Kier molecular flexibility index (Phi) is 8.72. The smallest absolute Gasteiger partial charge is 0.416 e. The van der Waals surface area contributed by atoms with Gasteiger partial charge in [0.1, 0.15) is 0 Å². The molecule has 0 radical (unpaired) electrons. The third-order valence-electron chi connectivity index (χ3n) is 8.69. The molecule has 238 valence electrons. The Labute approximate surface area is 266 Å². The lowest BCUT2D eigenvalue weighted by Crippen LogP contribution is -2.33. The molecule has 6 nitrogen and oxygen atoms in total. The van der Waals surface area contributed by atoms with E-state index in [9.17, 15) is 18.0 Å². The number of nitrogens with one attached hydrogen (secondary N) is 2. The Bertz CT molecular complexity index is 1750. The van der Waals surface area contributed by atoms with Crippen LogP contribution < -0.4 is 10.6 Å². The van der Waals surface area contributed by atoms with Gasteiger partial charge in [-0.05, 0) is 91.3 Å². The lowest BCUT2D eigenvalue weighted by atomic mass is 9.92. The van der Waals surface area contributed by atoms with Crippen LogP contribution in [0.2, 0.25) is 0 Å². The monoisotopic (exact) mass is 627 g/mol. The van der Waals surface area contributed by atoms with Crippen LogP contribution in [0.25, 0.3) is 11.1 Å². The van der Waals surface area contributed by atoms with Gasteiger partial charge in [0.15, 0.2) is 5.72 Å². The van der Waals surface area contributed by atoms with Crippen LogP contribution in [0.1, 0.15) is 72.5 Å². The number of hydrogen-bond acceptors (Lipinski definition) is 5. The Morgan fingerprint density at radius 2 is 1.74 bits per heavy atom. The highest BCUT2D eigenvalue weighted by Gasteiger charge is 2.48. The van der Waals surface area contributed by atoms with Crippen molar-refractivity contribution in [2.24, 2.45) is 4.99 Å². The fraction of sp³-hybridized carbons (Fsp3) is 0.297. The first-order valence-electron chi connectivity index (χ1n) is 15.5. The van der Waals surface area contributed by atoms with Crippen molar-refractivity contribution in [3.8, 4) is 11.1 Å². The molecule has 46 heavy (non-hydrogen) atoms. The highest BCUT2D eigenvalue weighted by atomic mass is 19.4. The van der Waals surface area contributed by atoms with Gasteiger partial charge in [-0.3, -0.25) is 15.1 Å². The number of hydrogen-bond donors (Lipinski definition) is 3. The number of aryl methyl sites for hydroxylation is 1. The lowest BCUT2D eigenvalue weighted by Gasteiger charge is -2.30. The molecule has 3 atom stereocenters. The summed E-state index contributed by atoms with van der Waals surface area (Å²) in [5, 5.41) is 16.3. The number of fused-ring (bicyclic) bond motifs is 1. The van der Waals surface area contributed by atoms with E-state index in [0.29, 0.717) is 31.4 Å². The van der Waals surface area contributed by atoms with E-state index < -0.39 is 29.5 Å². The summed E-state index contributed by atoms with van der Waals surface area (Å²) in [5.74, 6) is -0.864. The minimum atomic E-state index is -4.43. The normalized spacial score (nSPS) is 19.5. The number of alkyl halides is 3. The zero-order chi connectivity index (χ0) is 32.5. The Hall–Kier alpha value is -4.47. The van der Waals surface area contributed by atoms with E-state index in [1.54, 1.807) is 0 Å². The molecule has 0 bridgehead atoms. The summed E-state index contributed by atoms with van der Waals surface area (Å²) in [6.07, 6.45) is -2.81. The molecular formula is C37H36F3N3O3. The van der Waals surface area contributed by atoms with Crippen LogP contribution in [-0.2, 0) is 21.4 Å². The first kappa shape index (κ1) is 31.5. The van der Waals surface area contributed by atoms with Crippen LogP contribution in [0.3, 0.4) is 0 Å². The highest BCUT2D eigenvalue weighted by molar-refractivity contribution is 5.99. The number of carboxylic acids is 1. The lowest BCUT2D eigenvalue weighted by molar-refractivity contribution is -0.138. The summed E-state index contributed by atoms with van der Waals surface area (Å²) >= 11 is 0. The minimum absolute atomic E-state index is 0.0158. The van der Waals surface area contributed by atoms with Crippen molar-refractivity contribution in [2.75, 3.05) is 11.9 Å². The summed E-state index contributed by atoms with van der Waals surface area (Å²) < 4.78 is 45.8. The van der Waals surface area contributed by atoms with Gasteiger partial charge >= 0.3 is 12.1 Å². The maximum absolute atomic E-state index is 13.3. The minimum Gasteiger partial charge on any atom is -0.481 e. The number of anilines is 1. The molecule has 9 heteroatoms. The second kappa shape index (κ2) is 12.7. The van der Waals surface area contributed by atoms with E-state index in [-0.39, 0.29) is 12.5 Å². The van der Waals surface area contributed by atoms with Crippen molar-refractivity contribution in [3.63, 3.8) is 0 Å². The fourth-order valence-electron chi connectivity index (χ4n) is 6.10. The van der Waals surface area contributed by atoms with Crippen molar-refractivity contribution in [1.82, 2.24) is 5.32 Å². The number of aliphatic carboxylic acids is 1. The molecule has 0 aromatic heterocycles. The van der Waals surface area contributed by atoms with Crippen molar-refractivity contribution in [1.29, 1.82) is 0 Å². The summed E-state index contributed by atoms with van der Waals surface area (Å²) in [5.41, 5.74) is 6.86. The van der Waals surface area contributed by atoms with E-state index >= 15 is 0 Å². The Balaban J connectivity index is 1.27. The Morgan fingerprint density at radius 1 is 1.02 bits per heavy atom. The van der Waals surface area contributed by atoms with Crippen LogP contribution >= 0.6 is 0 Å². The largest absolute Gasteiger partial charge is 0.481 e. The van der Waals surface area contributed by atoms with Gasteiger partial charge in [-0.25, -0.2) is 0 Å². The van der Waals surface area contributed by atoms with Gasteiger partial charge in [0.25, 0.3) is 0 Å². The number of carbonyl (C=O) groups is 1. The van der Waals surface area contributed by atoms with Gasteiger partial charge in [-0.2, -0.15) is 13.2 Å². The molecule has 0 aliphatic carbocycles. The number of nitrogens with zero attached hydrogens (tertiary/aromatic N) is 1. The third-order valence-corrected chi connectivity index (χ3v) is 8.69. The fourth-order valence-corrected chi connectivity index (χ4v) is 6.10. The third kappa shape index (κ3) is 6.85. The number of unbranched alkanes of at least 4 members (excludes halogenated alkanes) is 1. The molecule has 1 saturated heterocycles. The molecule has 6 rings (SSSR count). The van der Waals surface area contributed by atoms with Gasteiger partial charge in [0.05, 0.1) is 29.6 Å². The molecular weight excluding hydrogens is 591 g/mol. The maximum Gasteiger partial charge on any atom is 0.416 e. The number of carboxylic acid groups (broad SMARTS) is 1. The van der Waals surface area contributed by atoms with Gasteiger partial charge in [-0.15, -0.1) is 0 Å². The Morgan fingerprint density at radius 3 is 2.41 bits per heavy atom. The van der Waals surface area contributed by atoms with Gasteiger partial charge in [0.2, 0.25) is 0 Å². The molecule has 4 aromatic rings. The zero-order valence-electron chi connectivity index (χ0n) is 25.7. The molecule has 3 unspecified atom stereocenters. The van der Waals surface area contributed by atoms with Gasteiger partial charge in [-0.1, -0.05) is 60.7 Å². The van der Waals surface area contributed by atoms with Crippen LogP contribution in [0.15, 0.2) is 96.0 Å². The molecule has 0 amide bonds. The molecule has 0 saturated carbocycles. The highest BCUT2D eigenvalue weighted by Crippen LogP contribution is 2.45. The molecule has 4 aromatic carbocycles. The number of aliphatic imine (C=N–C) groups is 1. The van der Waals surface area contributed by atoms with Gasteiger partial charge in [0, 0.05) is 23.7 Å². The molecule has 0 spiro atoms. The SMILES string of the molecule is Cc1cc(C2(NC(C)c3cccc(-c4ccccc4)c3)CO2)cc2c1NC(c1ccc(C(F)(F)F)cc1)C(CCCCC(=O)O)=N2. The first-order chi connectivity index (χ1) is 22.0. The number of benzene rings is 4. The molecule has 3 N–H and O–H groups in total. The van der Waals surface area contributed by atoms with E-state index in [2.05, 4.69) is 60.0 Å². The van der Waals surface area contributed by atoms with Crippen molar-refractivity contribution in [3.05, 3.63) is 119 Å². The molecule has 2 aliphatic rings. The quantitative estimate of drug-likeness (QED) is 0.114. The second-order valence-electron chi connectivity index (χ2n) is 12.1. The number of rotatable bonds is 11. The van der Waals surface area contributed by atoms with E-state index in [1.807, 2.05) is 31.2 Å². The van der Waals surface area contributed by atoms with E-state index in [1.165, 1.54) is 12.1 Å². The van der Waals surface area contributed by atoms with E-state index in [0.717, 1.165) is 57.0 Å². The predicted octanol–water partition coefficient (Wildman–Crippen LogP) is 9.10. The van der Waals surface area contributed by atoms with Crippen LogP contribution in [-0.4, -0.2) is 23.4 Å². The maximum atomic E-state index is 13.3. The van der Waals surface area contributed by atoms with Crippen LogP contribution in [0, 0.1) is 6.92 Å². The number of epoxide rings is 1. The average molecular weight is 628 g/mol. The second-order valence-corrected chi connectivity index (χ2v) is 12.1. The summed E-state index contributed by atoms with van der Waals surface area (Å²) in [6.45, 7) is 4.60. The molecule has 1 fully saturated rings. The van der Waals surface area contributed by atoms with Crippen LogP contribution in [0.5, 0.6) is 0 Å². The molecule has 2 heterocycles. The van der Waals surface area contributed by atoms with Crippen molar-refractivity contribution in [2.45, 2.75) is 63.5 Å². The zero-order valence-corrected chi connectivity index (χ0v) is 25.7. The first-order valence-corrected chi connectivity index (χ1v) is 15.5. The topological polar surface area (TPSA) is 86.2 Å². The average Bonchev–Trinajstić information content (AvgIpc) is 3.83. The standard InChI is InChI=1S/C37H36F3N3O3/c1-23-19-30(36(22-46-36)43-24(2)27-11-8-12-28(20-27)25-9-4-3-5-10-25)21-32-34(23)42-35(31(41-32)13-6-7-14-33(44)45)26-15-17-29(18-16-26)37(38,39)40/h3-5,8-12,15-21,24,35,42-43H,6-7,13-14,22H2,1-2H3,(H,44,45). The number of ether oxygens (including phenoxy) is 1. The van der Waals surface area contributed by atoms with Crippen molar-refractivity contribution >= 4 is 23.1 Å². The summed E-state index contributed by atoms with van der Waals surface area (Å²) in [4.78, 5) is 16.1. The van der Waals surface area contributed by atoms with Crippen LogP contribution in [0.4, 0.5) is 24.5 Å². The summed E-state index contributed by atoms with van der Waals surface area (Å²) in [7, 11) is 0. The van der Waals surface area contributed by atoms with Crippen molar-refractivity contribution < 1.29 is 27.8 Å². The van der Waals surface area contributed by atoms with Gasteiger partial charge < -0.3 is 15.2 Å². The number of halogens is 3.